The minimum Gasteiger partial charge on any atom is -0.242 e. The Morgan fingerprint density at radius 3 is 2.42 bits per heavy atom. The first-order valence-corrected chi connectivity index (χ1v) is 7.84. The molecule has 2 nitrogen and oxygen atoms in total. The molecule has 1 aliphatic heterocycles. The smallest absolute Gasteiger partial charge is 0.0990 e. The maximum Gasteiger partial charge on any atom is 0.0990 e. The Hall–Kier alpha value is -1.45. The lowest BCUT2D eigenvalue weighted by atomic mass is 10.0. The highest BCUT2D eigenvalue weighted by atomic mass is 32.2. The number of hydrogen-bond acceptors (Lipinski definition) is 1. The van der Waals surface area contributed by atoms with Gasteiger partial charge in [-0.1, -0.05) is 54.6 Å². The van der Waals surface area contributed by atoms with Crippen LogP contribution in [0.2, 0.25) is 0 Å². The SMILES string of the molecule is O=S(Cc1ccccc1)N1CCc2ccccc2C1. The van der Waals surface area contributed by atoms with Crippen molar-refractivity contribution < 1.29 is 4.21 Å². The molecule has 2 aromatic carbocycles. The van der Waals surface area contributed by atoms with Gasteiger partial charge in [-0.25, -0.2) is 8.51 Å². The van der Waals surface area contributed by atoms with Crippen LogP contribution in [0.15, 0.2) is 54.6 Å². The van der Waals surface area contributed by atoms with Crippen LogP contribution in [0.1, 0.15) is 16.7 Å². The molecule has 3 rings (SSSR count). The van der Waals surface area contributed by atoms with Gasteiger partial charge < -0.3 is 0 Å². The summed E-state index contributed by atoms with van der Waals surface area (Å²) in [5.74, 6) is 0.614. The third-order valence-electron chi connectivity index (χ3n) is 3.52. The van der Waals surface area contributed by atoms with Crippen LogP contribution < -0.4 is 0 Å². The summed E-state index contributed by atoms with van der Waals surface area (Å²) in [5.41, 5.74) is 3.85. The predicted molar refractivity (Wildman–Crippen MR) is 78.8 cm³/mol. The van der Waals surface area contributed by atoms with Gasteiger partial charge in [0.25, 0.3) is 0 Å². The molecule has 98 valence electrons. The van der Waals surface area contributed by atoms with E-state index < -0.39 is 11.0 Å². The van der Waals surface area contributed by atoms with Crippen molar-refractivity contribution in [1.29, 1.82) is 0 Å². The summed E-state index contributed by atoms with van der Waals surface area (Å²) in [6, 6.07) is 18.5. The van der Waals surface area contributed by atoms with E-state index in [2.05, 4.69) is 28.6 Å². The van der Waals surface area contributed by atoms with E-state index in [4.69, 9.17) is 0 Å². The molecule has 1 aliphatic rings. The highest BCUT2D eigenvalue weighted by Crippen LogP contribution is 2.20. The monoisotopic (exact) mass is 271 g/mol. The average molecular weight is 271 g/mol. The van der Waals surface area contributed by atoms with Crippen LogP contribution >= 0.6 is 0 Å². The van der Waals surface area contributed by atoms with Gasteiger partial charge in [-0.3, -0.25) is 0 Å². The summed E-state index contributed by atoms with van der Waals surface area (Å²) in [7, 11) is -0.931. The van der Waals surface area contributed by atoms with Gasteiger partial charge in [0.1, 0.15) is 0 Å². The Bertz CT molecular complexity index is 582. The second-order valence-corrected chi connectivity index (χ2v) is 6.28. The number of rotatable bonds is 3. The Balaban J connectivity index is 1.70. The summed E-state index contributed by atoms with van der Waals surface area (Å²) in [6.45, 7) is 1.69. The Morgan fingerprint density at radius 1 is 0.947 bits per heavy atom. The summed E-state index contributed by atoms with van der Waals surface area (Å²) in [6.07, 6.45) is 0.997. The molecule has 1 atom stereocenters. The molecule has 0 radical (unpaired) electrons. The first-order chi connectivity index (χ1) is 9.33. The lowest BCUT2D eigenvalue weighted by molar-refractivity contribution is 0.420. The molecule has 0 N–H and O–H groups in total. The molecule has 0 bridgehead atoms. The van der Waals surface area contributed by atoms with Crippen LogP contribution in [0.25, 0.3) is 0 Å². The molecule has 0 saturated heterocycles. The normalized spacial score (nSPS) is 16.8. The van der Waals surface area contributed by atoms with E-state index in [1.807, 2.05) is 30.3 Å². The van der Waals surface area contributed by atoms with Crippen LogP contribution in [-0.4, -0.2) is 15.1 Å². The van der Waals surface area contributed by atoms with E-state index in [0.29, 0.717) is 5.75 Å². The summed E-state index contributed by atoms with van der Waals surface area (Å²) in [5, 5.41) is 0. The van der Waals surface area contributed by atoms with Crippen molar-refractivity contribution in [2.24, 2.45) is 0 Å². The third-order valence-corrected chi connectivity index (χ3v) is 4.98. The molecule has 0 aromatic heterocycles. The average Bonchev–Trinajstić information content (AvgIpc) is 2.48. The number of fused-ring (bicyclic) bond motifs is 1. The largest absolute Gasteiger partial charge is 0.242 e. The van der Waals surface area contributed by atoms with Gasteiger partial charge in [-0.15, -0.1) is 0 Å². The second-order valence-electron chi connectivity index (χ2n) is 4.83. The zero-order chi connectivity index (χ0) is 13.1. The Labute approximate surface area is 116 Å². The number of hydrogen-bond donors (Lipinski definition) is 0. The number of benzene rings is 2. The van der Waals surface area contributed by atoms with Gasteiger partial charge in [-0.2, -0.15) is 0 Å². The lowest BCUT2D eigenvalue weighted by Crippen LogP contribution is -2.32. The summed E-state index contributed by atoms with van der Waals surface area (Å²) < 4.78 is 14.5. The molecule has 3 heteroatoms. The van der Waals surface area contributed by atoms with Gasteiger partial charge in [0.05, 0.1) is 16.7 Å². The molecule has 1 unspecified atom stereocenters. The van der Waals surface area contributed by atoms with Crippen molar-refractivity contribution in [2.75, 3.05) is 6.54 Å². The predicted octanol–water partition coefficient (Wildman–Crippen LogP) is 2.91. The van der Waals surface area contributed by atoms with Crippen molar-refractivity contribution >= 4 is 11.0 Å². The quantitative estimate of drug-likeness (QED) is 0.840. The van der Waals surface area contributed by atoms with Gasteiger partial charge in [0.2, 0.25) is 0 Å². The van der Waals surface area contributed by atoms with E-state index in [1.54, 1.807) is 0 Å². The minimum atomic E-state index is -0.931. The van der Waals surface area contributed by atoms with Crippen LogP contribution in [0.5, 0.6) is 0 Å². The first-order valence-electron chi connectivity index (χ1n) is 6.57. The first kappa shape index (κ1) is 12.6. The van der Waals surface area contributed by atoms with Crippen LogP contribution in [-0.2, 0) is 29.7 Å². The van der Waals surface area contributed by atoms with Crippen LogP contribution in [0.4, 0.5) is 0 Å². The molecular weight excluding hydrogens is 254 g/mol. The van der Waals surface area contributed by atoms with E-state index in [9.17, 15) is 4.21 Å². The van der Waals surface area contributed by atoms with Crippen molar-refractivity contribution in [3.05, 3.63) is 71.3 Å². The lowest BCUT2D eigenvalue weighted by Gasteiger charge is -2.27. The fourth-order valence-electron chi connectivity index (χ4n) is 2.45. The molecular formula is C16H17NOS. The Kier molecular flexibility index (Phi) is 3.76. The van der Waals surface area contributed by atoms with E-state index in [1.165, 1.54) is 11.1 Å². The highest BCUT2D eigenvalue weighted by molar-refractivity contribution is 7.81. The molecule has 0 aliphatic carbocycles. The maximum atomic E-state index is 12.4. The maximum absolute atomic E-state index is 12.4. The fourth-order valence-corrected chi connectivity index (χ4v) is 3.69. The number of nitrogens with zero attached hydrogens (tertiary/aromatic N) is 1. The second kappa shape index (κ2) is 5.68. The topological polar surface area (TPSA) is 20.3 Å². The van der Waals surface area contributed by atoms with E-state index in [-0.39, 0.29) is 0 Å². The van der Waals surface area contributed by atoms with Crippen molar-refractivity contribution in [2.45, 2.75) is 18.7 Å². The van der Waals surface area contributed by atoms with Crippen LogP contribution in [0.3, 0.4) is 0 Å². The minimum absolute atomic E-state index is 0.614. The highest BCUT2D eigenvalue weighted by Gasteiger charge is 2.20. The van der Waals surface area contributed by atoms with Crippen LogP contribution in [0, 0.1) is 0 Å². The van der Waals surface area contributed by atoms with Crippen molar-refractivity contribution in [3.8, 4) is 0 Å². The fraction of sp³-hybridized carbons (Fsp3) is 0.250. The van der Waals surface area contributed by atoms with Gasteiger partial charge in [-0.05, 0) is 23.1 Å². The molecule has 1 heterocycles. The molecule has 0 fully saturated rings. The van der Waals surface area contributed by atoms with Gasteiger partial charge >= 0.3 is 0 Å². The van der Waals surface area contributed by atoms with Gasteiger partial charge in [0, 0.05) is 13.1 Å². The molecule has 0 saturated carbocycles. The van der Waals surface area contributed by atoms with E-state index >= 15 is 0 Å². The molecule has 19 heavy (non-hydrogen) atoms. The van der Waals surface area contributed by atoms with Gasteiger partial charge in [0.15, 0.2) is 0 Å². The van der Waals surface area contributed by atoms with Crippen molar-refractivity contribution in [3.63, 3.8) is 0 Å². The molecule has 0 spiro atoms. The zero-order valence-corrected chi connectivity index (χ0v) is 11.6. The zero-order valence-electron chi connectivity index (χ0n) is 10.8. The molecule has 2 aromatic rings. The summed E-state index contributed by atoms with van der Waals surface area (Å²) in [4.78, 5) is 0. The molecule has 0 amide bonds. The van der Waals surface area contributed by atoms with Crippen molar-refractivity contribution in [1.82, 2.24) is 4.31 Å². The Morgan fingerprint density at radius 2 is 1.63 bits per heavy atom. The standard InChI is InChI=1S/C16H17NOS/c18-19(13-14-6-2-1-3-7-14)17-11-10-15-8-4-5-9-16(15)12-17/h1-9H,10-13H2. The third kappa shape index (κ3) is 2.94. The van der Waals surface area contributed by atoms with E-state index in [0.717, 1.165) is 25.1 Å². The summed E-state index contributed by atoms with van der Waals surface area (Å²) >= 11 is 0.